The smallest absolute Gasteiger partial charge is 0.315 e. The number of hydrogen-bond acceptors (Lipinski definition) is 2. The third-order valence-corrected chi connectivity index (χ3v) is 2.63. The Morgan fingerprint density at radius 3 is 2.81 bits per heavy atom. The fourth-order valence-corrected chi connectivity index (χ4v) is 1.74. The van der Waals surface area contributed by atoms with E-state index in [1.807, 2.05) is 25.1 Å². The van der Waals surface area contributed by atoms with Crippen molar-refractivity contribution in [3.63, 3.8) is 0 Å². The molecule has 2 amide bonds. The standard InChI is InChI=1S/C11H15BrN2O2/c1-8-6-10(12)3-2-9(8)7-14-11(16)13-4-5-15/h2-3,6,15H,4-5,7H2,1H3,(H2,13,14,16). The second-order valence-electron chi connectivity index (χ2n) is 3.40. The average molecular weight is 287 g/mol. The Bertz CT molecular complexity index is 369. The number of rotatable bonds is 4. The summed E-state index contributed by atoms with van der Waals surface area (Å²) < 4.78 is 1.03. The molecule has 5 heteroatoms. The lowest BCUT2D eigenvalue weighted by atomic mass is 10.1. The van der Waals surface area contributed by atoms with Crippen LogP contribution in [0.3, 0.4) is 0 Å². The molecule has 0 fully saturated rings. The molecule has 0 aliphatic carbocycles. The van der Waals surface area contributed by atoms with Crippen molar-refractivity contribution >= 4 is 22.0 Å². The van der Waals surface area contributed by atoms with E-state index in [9.17, 15) is 4.79 Å². The fourth-order valence-electron chi connectivity index (χ4n) is 1.27. The molecule has 0 saturated carbocycles. The van der Waals surface area contributed by atoms with Crippen molar-refractivity contribution in [2.45, 2.75) is 13.5 Å². The minimum Gasteiger partial charge on any atom is -0.395 e. The minimum absolute atomic E-state index is 0.0509. The molecule has 0 spiro atoms. The van der Waals surface area contributed by atoms with Crippen molar-refractivity contribution < 1.29 is 9.90 Å². The first-order valence-corrected chi connectivity index (χ1v) is 5.80. The Kier molecular flexibility index (Phi) is 5.28. The molecule has 0 heterocycles. The number of benzene rings is 1. The predicted molar refractivity (Wildman–Crippen MR) is 66.2 cm³/mol. The monoisotopic (exact) mass is 286 g/mol. The number of carbonyl (C=O) groups is 1. The van der Waals surface area contributed by atoms with E-state index in [-0.39, 0.29) is 19.2 Å². The molecule has 0 aromatic heterocycles. The SMILES string of the molecule is Cc1cc(Br)ccc1CNC(=O)NCCO. The molecule has 88 valence electrons. The van der Waals surface area contributed by atoms with Crippen LogP contribution in [0.2, 0.25) is 0 Å². The van der Waals surface area contributed by atoms with Gasteiger partial charge in [-0.25, -0.2) is 4.79 Å². The topological polar surface area (TPSA) is 61.4 Å². The summed E-state index contributed by atoms with van der Waals surface area (Å²) in [6, 6.07) is 5.64. The maximum Gasteiger partial charge on any atom is 0.315 e. The minimum atomic E-state index is -0.267. The van der Waals surface area contributed by atoms with Crippen LogP contribution < -0.4 is 10.6 Å². The van der Waals surface area contributed by atoms with Gasteiger partial charge in [0, 0.05) is 17.6 Å². The molecule has 0 unspecified atom stereocenters. The molecule has 0 bridgehead atoms. The maximum atomic E-state index is 11.2. The van der Waals surface area contributed by atoms with Gasteiger partial charge in [0.25, 0.3) is 0 Å². The highest BCUT2D eigenvalue weighted by molar-refractivity contribution is 9.10. The Hall–Kier alpha value is -1.07. The molecular weight excluding hydrogens is 272 g/mol. The number of urea groups is 1. The summed E-state index contributed by atoms with van der Waals surface area (Å²) in [5.74, 6) is 0. The van der Waals surface area contributed by atoms with Gasteiger partial charge < -0.3 is 15.7 Å². The summed E-state index contributed by atoms with van der Waals surface area (Å²) in [6.07, 6.45) is 0. The van der Waals surface area contributed by atoms with Gasteiger partial charge in [0.15, 0.2) is 0 Å². The van der Waals surface area contributed by atoms with Crippen LogP contribution in [0.15, 0.2) is 22.7 Å². The Balaban J connectivity index is 2.45. The van der Waals surface area contributed by atoms with Crippen molar-refractivity contribution in [1.29, 1.82) is 0 Å². The predicted octanol–water partition coefficient (Wildman–Crippen LogP) is 1.55. The van der Waals surface area contributed by atoms with Crippen LogP contribution in [0.5, 0.6) is 0 Å². The number of carbonyl (C=O) groups excluding carboxylic acids is 1. The van der Waals surface area contributed by atoms with Crippen molar-refractivity contribution in [3.8, 4) is 0 Å². The molecule has 1 rings (SSSR count). The zero-order chi connectivity index (χ0) is 12.0. The number of aliphatic hydroxyl groups is 1. The van der Waals surface area contributed by atoms with Crippen molar-refractivity contribution in [2.24, 2.45) is 0 Å². The number of aliphatic hydroxyl groups excluding tert-OH is 1. The van der Waals surface area contributed by atoms with E-state index < -0.39 is 0 Å². The molecule has 0 saturated heterocycles. The van der Waals surface area contributed by atoms with Crippen molar-refractivity contribution in [1.82, 2.24) is 10.6 Å². The fraction of sp³-hybridized carbons (Fsp3) is 0.364. The van der Waals surface area contributed by atoms with Crippen LogP contribution in [-0.2, 0) is 6.54 Å². The zero-order valence-corrected chi connectivity index (χ0v) is 10.7. The number of halogens is 1. The molecule has 16 heavy (non-hydrogen) atoms. The Morgan fingerprint density at radius 1 is 1.44 bits per heavy atom. The second-order valence-corrected chi connectivity index (χ2v) is 4.32. The first-order valence-electron chi connectivity index (χ1n) is 5.01. The molecule has 0 atom stereocenters. The molecule has 1 aromatic carbocycles. The van der Waals surface area contributed by atoms with Gasteiger partial charge in [-0.3, -0.25) is 0 Å². The van der Waals surface area contributed by atoms with E-state index in [1.165, 1.54) is 0 Å². The summed E-state index contributed by atoms with van der Waals surface area (Å²) >= 11 is 3.38. The highest BCUT2D eigenvalue weighted by Crippen LogP contribution is 2.15. The van der Waals surface area contributed by atoms with Crippen molar-refractivity contribution in [2.75, 3.05) is 13.2 Å². The molecule has 0 radical (unpaired) electrons. The largest absolute Gasteiger partial charge is 0.395 e. The van der Waals surface area contributed by atoms with Gasteiger partial charge >= 0.3 is 6.03 Å². The lowest BCUT2D eigenvalue weighted by Gasteiger charge is -2.09. The van der Waals surface area contributed by atoms with Crippen LogP contribution in [0.25, 0.3) is 0 Å². The van der Waals surface area contributed by atoms with E-state index in [2.05, 4.69) is 26.6 Å². The van der Waals surface area contributed by atoms with Crippen LogP contribution in [0.4, 0.5) is 4.79 Å². The normalized spacial score (nSPS) is 9.94. The third-order valence-electron chi connectivity index (χ3n) is 2.14. The molecule has 4 nitrogen and oxygen atoms in total. The summed E-state index contributed by atoms with van der Waals surface area (Å²) in [4.78, 5) is 11.2. The van der Waals surface area contributed by atoms with Crippen molar-refractivity contribution in [3.05, 3.63) is 33.8 Å². The van der Waals surface area contributed by atoms with Crippen LogP contribution in [0, 0.1) is 6.92 Å². The quantitative estimate of drug-likeness (QED) is 0.787. The Labute approximate surface area is 103 Å². The molecule has 0 aliphatic rings. The highest BCUT2D eigenvalue weighted by Gasteiger charge is 2.02. The van der Waals surface area contributed by atoms with E-state index in [0.29, 0.717) is 6.54 Å². The average Bonchev–Trinajstić information content (AvgIpc) is 2.25. The van der Waals surface area contributed by atoms with Crippen LogP contribution in [0.1, 0.15) is 11.1 Å². The number of amides is 2. The van der Waals surface area contributed by atoms with Gasteiger partial charge in [-0.2, -0.15) is 0 Å². The van der Waals surface area contributed by atoms with Gasteiger partial charge in [-0.05, 0) is 30.2 Å². The molecule has 3 N–H and O–H groups in total. The van der Waals surface area contributed by atoms with E-state index >= 15 is 0 Å². The molecule has 0 aliphatic heterocycles. The van der Waals surface area contributed by atoms with E-state index in [1.54, 1.807) is 0 Å². The summed E-state index contributed by atoms with van der Waals surface area (Å²) in [5.41, 5.74) is 2.19. The van der Waals surface area contributed by atoms with Gasteiger partial charge in [0.2, 0.25) is 0 Å². The summed E-state index contributed by atoms with van der Waals surface area (Å²) in [7, 11) is 0. The van der Waals surface area contributed by atoms with Gasteiger partial charge in [0.1, 0.15) is 0 Å². The number of aryl methyl sites for hydroxylation is 1. The second kappa shape index (κ2) is 6.50. The Morgan fingerprint density at radius 2 is 2.19 bits per heavy atom. The number of nitrogens with one attached hydrogen (secondary N) is 2. The molecule has 1 aromatic rings. The number of hydrogen-bond donors (Lipinski definition) is 3. The highest BCUT2D eigenvalue weighted by atomic mass is 79.9. The van der Waals surface area contributed by atoms with Crippen LogP contribution in [-0.4, -0.2) is 24.3 Å². The van der Waals surface area contributed by atoms with Gasteiger partial charge in [-0.15, -0.1) is 0 Å². The first-order chi connectivity index (χ1) is 7.63. The lowest BCUT2D eigenvalue weighted by molar-refractivity contribution is 0.234. The summed E-state index contributed by atoms with van der Waals surface area (Å²) in [6.45, 7) is 2.69. The van der Waals surface area contributed by atoms with E-state index in [0.717, 1.165) is 15.6 Å². The summed E-state index contributed by atoms with van der Waals surface area (Å²) in [5, 5.41) is 13.8. The van der Waals surface area contributed by atoms with Crippen LogP contribution >= 0.6 is 15.9 Å². The third kappa shape index (κ3) is 4.20. The van der Waals surface area contributed by atoms with Gasteiger partial charge in [-0.1, -0.05) is 22.0 Å². The molecular formula is C11H15BrN2O2. The van der Waals surface area contributed by atoms with E-state index in [4.69, 9.17) is 5.11 Å². The zero-order valence-electron chi connectivity index (χ0n) is 9.09. The maximum absolute atomic E-state index is 11.2. The van der Waals surface area contributed by atoms with Gasteiger partial charge in [0.05, 0.1) is 6.61 Å². The first kappa shape index (κ1) is 13.0. The lowest BCUT2D eigenvalue weighted by Crippen LogP contribution is -2.36.